The smallest absolute Gasteiger partial charge is 0.0859 e. The van der Waals surface area contributed by atoms with E-state index in [1.165, 1.54) is 16.3 Å². The summed E-state index contributed by atoms with van der Waals surface area (Å²) in [6.07, 6.45) is 3.83. The molecule has 190 valence electrons. The summed E-state index contributed by atoms with van der Waals surface area (Å²) in [5.41, 5.74) is 11.7. The van der Waals surface area contributed by atoms with Gasteiger partial charge in [0, 0.05) is 10.9 Å². The van der Waals surface area contributed by atoms with E-state index >= 15 is 0 Å². The molecule has 0 spiro atoms. The van der Waals surface area contributed by atoms with Gasteiger partial charge in [-0.15, -0.1) is 0 Å². The molecule has 2 heterocycles. The Bertz CT molecular complexity index is 2000. The summed E-state index contributed by atoms with van der Waals surface area (Å²) < 4.78 is 0. The lowest BCUT2D eigenvalue weighted by Crippen LogP contribution is -2.22. The molecule has 0 aliphatic carbocycles. The molecular formula is C37H27N3. The Labute approximate surface area is 234 Å². The third-order valence-electron chi connectivity index (χ3n) is 7.87. The second kappa shape index (κ2) is 9.48. The van der Waals surface area contributed by atoms with Crippen molar-refractivity contribution in [2.75, 3.05) is 4.90 Å². The number of para-hydroxylation sites is 3. The Morgan fingerprint density at radius 2 is 1.50 bits per heavy atom. The predicted molar refractivity (Wildman–Crippen MR) is 172 cm³/mol. The third-order valence-corrected chi connectivity index (χ3v) is 7.87. The number of aliphatic imine (C=N–C) groups is 1. The minimum atomic E-state index is 0.685. The summed E-state index contributed by atoms with van der Waals surface area (Å²) in [7, 11) is 0. The zero-order valence-electron chi connectivity index (χ0n) is 22.1. The molecule has 0 fully saturated rings. The second-order valence-corrected chi connectivity index (χ2v) is 10.0. The summed E-state index contributed by atoms with van der Waals surface area (Å²) in [6, 6.07) is 36.2. The fourth-order valence-electron chi connectivity index (χ4n) is 5.99. The van der Waals surface area contributed by atoms with Crippen LogP contribution in [0.5, 0.6) is 0 Å². The van der Waals surface area contributed by atoms with Crippen molar-refractivity contribution in [2.45, 2.75) is 6.54 Å². The highest BCUT2D eigenvalue weighted by Gasteiger charge is 2.27. The number of nitrogens with zero attached hydrogens (tertiary/aromatic N) is 3. The van der Waals surface area contributed by atoms with Crippen LogP contribution >= 0.6 is 0 Å². The largest absolute Gasteiger partial charge is 0.335 e. The topological polar surface area (TPSA) is 28.5 Å². The molecule has 0 amide bonds. The van der Waals surface area contributed by atoms with Crippen LogP contribution in [0, 0.1) is 0 Å². The number of rotatable bonds is 5. The lowest BCUT2D eigenvalue weighted by molar-refractivity contribution is 0.953. The molecule has 3 heteroatoms. The molecule has 40 heavy (non-hydrogen) atoms. The SMILES string of the molecule is C=Cc1cc(-c2ccc3c(c2)N(c2ccccc2N=C)Cc2cc4ccccc4nc2-3)c2ccccc2c1C=C. The quantitative estimate of drug-likeness (QED) is 0.215. The third kappa shape index (κ3) is 3.67. The van der Waals surface area contributed by atoms with E-state index in [1.54, 1.807) is 0 Å². The summed E-state index contributed by atoms with van der Waals surface area (Å²) >= 11 is 0. The first-order valence-electron chi connectivity index (χ1n) is 13.4. The maximum atomic E-state index is 5.14. The van der Waals surface area contributed by atoms with E-state index in [1.807, 2.05) is 30.4 Å². The van der Waals surface area contributed by atoms with Gasteiger partial charge in [-0.2, -0.15) is 0 Å². The average molecular weight is 514 g/mol. The maximum Gasteiger partial charge on any atom is 0.0859 e. The van der Waals surface area contributed by atoms with Crippen LogP contribution in [0.4, 0.5) is 17.1 Å². The van der Waals surface area contributed by atoms with Crippen LogP contribution in [0.15, 0.2) is 121 Å². The molecule has 5 aromatic carbocycles. The Hall–Kier alpha value is -5.28. The predicted octanol–water partition coefficient (Wildman–Crippen LogP) is 9.99. The van der Waals surface area contributed by atoms with Crippen molar-refractivity contribution in [3.8, 4) is 22.4 Å². The lowest BCUT2D eigenvalue weighted by Gasteiger charge is -2.34. The van der Waals surface area contributed by atoms with E-state index in [-0.39, 0.29) is 0 Å². The highest BCUT2D eigenvalue weighted by atomic mass is 15.2. The average Bonchev–Trinajstić information content (AvgIpc) is 3.02. The molecule has 7 rings (SSSR count). The Morgan fingerprint density at radius 1 is 0.725 bits per heavy atom. The summed E-state index contributed by atoms with van der Waals surface area (Å²) in [4.78, 5) is 11.8. The standard InChI is InChI=1S/C37H27N3/c1-4-24-21-32(30-14-8-7-13-29(30)28(24)5-2)25-18-19-31-36(22-25)40(35-17-11-10-16-34(35)38-3)23-27-20-26-12-6-9-15-33(26)39-37(27)31/h4-22H,1-3,23H2. The highest BCUT2D eigenvalue weighted by Crippen LogP contribution is 2.47. The molecule has 1 aliphatic heterocycles. The van der Waals surface area contributed by atoms with E-state index in [0.29, 0.717) is 6.54 Å². The number of hydrogen-bond acceptors (Lipinski definition) is 3. The summed E-state index contributed by atoms with van der Waals surface area (Å²) in [6.45, 7) is 12.7. The number of benzene rings is 5. The normalized spacial score (nSPS) is 12.2. The minimum Gasteiger partial charge on any atom is -0.335 e. The van der Waals surface area contributed by atoms with Crippen LogP contribution < -0.4 is 4.90 Å². The number of hydrogen-bond donors (Lipinski definition) is 0. The Morgan fingerprint density at radius 3 is 2.33 bits per heavy atom. The van der Waals surface area contributed by atoms with Gasteiger partial charge in [-0.25, -0.2) is 4.98 Å². The molecule has 0 radical (unpaired) electrons. The number of fused-ring (bicyclic) bond motifs is 5. The van der Waals surface area contributed by atoms with Crippen LogP contribution in [0.2, 0.25) is 0 Å². The fourth-order valence-corrected chi connectivity index (χ4v) is 5.99. The molecule has 0 saturated heterocycles. The van der Waals surface area contributed by atoms with E-state index < -0.39 is 0 Å². The van der Waals surface area contributed by atoms with Gasteiger partial charge in [-0.3, -0.25) is 4.99 Å². The number of aromatic nitrogens is 1. The van der Waals surface area contributed by atoms with Gasteiger partial charge in [-0.1, -0.05) is 92.0 Å². The first-order chi connectivity index (χ1) is 19.7. The van der Waals surface area contributed by atoms with Crippen LogP contribution in [-0.2, 0) is 6.54 Å². The van der Waals surface area contributed by atoms with E-state index in [2.05, 4.69) is 115 Å². The molecule has 0 saturated carbocycles. The zero-order valence-corrected chi connectivity index (χ0v) is 22.1. The van der Waals surface area contributed by atoms with Gasteiger partial charge in [-0.05, 0) is 81.7 Å². The fraction of sp³-hybridized carbons (Fsp3) is 0.0270. The van der Waals surface area contributed by atoms with Gasteiger partial charge >= 0.3 is 0 Å². The molecule has 6 aromatic rings. The Kier molecular flexibility index (Phi) is 5.64. The minimum absolute atomic E-state index is 0.685. The van der Waals surface area contributed by atoms with E-state index in [9.17, 15) is 0 Å². The van der Waals surface area contributed by atoms with Crippen molar-refractivity contribution in [3.05, 3.63) is 133 Å². The first kappa shape index (κ1) is 23.8. The number of pyridine rings is 1. The molecule has 3 nitrogen and oxygen atoms in total. The van der Waals surface area contributed by atoms with Gasteiger partial charge in [0.05, 0.1) is 34.8 Å². The second-order valence-electron chi connectivity index (χ2n) is 10.0. The summed E-state index contributed by atoms with van der Waals surface area (Å²) in [5, 5.41) is 3.49. The molecule has 1 aromatic heterocycles. The van der Waals surface area contributed by atoms with Crippen molar-refractivity contribution in [3.63, 3.8) is 0 Å². The summed E-state index contributed by atoms with van der Waals surface area (Å²) in [5.74, 6) is 0. The first-order valence-corrected chi connectivity index (χ1v) is 13.4. The van der Waals surface area contributed by atoms with Crippen LogP contribution in [-0.4, -0.2) is 11.7 Å². The Balaban J connectivity index is 1.51. The highest BCUT2D eigenvalue weighted by molar-refractivity contribution is 6.05. The van der Waals surface area contributed by atoms with Crippen molar-refractivity contribution in [2.24, 2.45) is 4.99 Å². The van der Waals surface area contributed by atoms with Gasteiger partial charge in [0.2, 0.25) is 0 Å². The molecule has 1 aliphatic rings. The van der Waals surface area contributed by atoms with Gasteiger partial charge in [0.25, 0.3) is 0 Å². The van der Waals surface area contributed by atoms with Gasteiger partial charge in [0.15, 0.2) is 0 Å². The van der Waals surface area contributed by atoms with E-state index in [4.69, 9.17) is 4.98 Å². The lowest BCUT2D eigenvalue weighted by atomic mass is 9.89. The molecule has 0 atom stereocenters. The van der Waals surface area contributed by atoms with Crippen molar-refractivity contribution < 1.29 is 0 Å². The molecule has 0 unspecified atom stereocenters. The van der Waals surface area contributed by atoms with Gasteiger partial charge < -0.3 is 4.90 Å². The van der Waals surface area contributed by atoms with Crippen molar-refractivity contribution >= 4 is 57.6 Å². The van der Waals surface area contributed by atoms with Crippen LogP contribution in [0.1, 0.15) is 16.7 Å². The van der Waals surface area contributed by atoms with Crippen LogP contribution in [0.3, 0.4) is 0 Å². The molecule has 0 N–H and O–H groups in total. The van der Waals surface area contributed by atoms with Crippen molar-refractivity contribution in [1.29, 1.82) is 0 Å². The molecule has 0 bridgehead atoms. The monoisotopic (exact) mass is 513 g/mol. The number of anilines is 2. The maximum absolute atomic E-state index is 5.14. The van der Waals surface area contributed by atoms with Crippen LogP contribution in [0.25, 0.3) is 56.2 Å². The van der Waals surface area contributed by atoms with E-state index in [0.717, 1.165) is 61.5 Å². The van der Waals surface area contributed by atoms with Gasteiger partial charge in [0.1, 0.15) is 0 Å². The zero-order chi connectivity index (χ0) is 27.2. The van der Waals surface area contributed by atoms with Crippen molar-refractivity contribution in [1.82, 2.24) is 4.98 Å². The molecular weight excluding hydrogens is 486 g/mol.